The highest BCUT2D eigenvalue weighted by atomic mass is 32.1. The van der Waals surface area contributed by atoms with E-state index in [1.807, 2.05) is 30.3 Å². The van der Waals surface area contributed by atoms with Gasteiger partial charge < -0.3 is 25.1 Å². The lowest BCUT2D eigenvalue weighted by Crippen LogP contribution is -2.47. The zero-order valence-electron chi connectivity index (χ0n) is 18.6. The van der Waals surface area contributed by atoms with E-state index in [2.05, 4.69) is 25.6 Å². The lowest BCUT2D eigenvalue weighted by molar-refractivity contribution is -0.127. The number of carbonyl (C=O) groups excluding carboxylic acids is 2. The first-order chi connectivity index (χ1) is 17.0. The van der Waals surface area contributed by atoms with Crippen molar-refractivity contribution in [3.05, 3.63) is 84.6 Å². The third-order valence-electron chi connectivity index (χ3n) is 4.78. The number of rotatable bonds is 11. The minimum atomic E-state index is -0.900. The summed E-state index contributed by atoms with van der Waals surface area (Å²) in [6, 6.07) is 15.5. The van der Waals surface area contributed by atoms with Crippen molar-refractivity contribution in [1.82, 2.24) is 20.3 Å². The van der Waals surface area contributed by atoms with Gasteiger partial charge in [0.05, 0.1) is 26.0 Å². The minimum absolute atomic E-state index is 0.00209. The third kappa shape index (κ3) is 7.52. The number of aromatic amines is 1. The number of aromatic nitrogens is 3. The third-order valence-corrected chi connectivity index (χ3v) is 5.49. The fourth-order valence-electron chi connectivity index (χ4n) is 3.10. The lowest BCUT2D eigenvalue weighted by Gasteiger charge is -2.19. The summed E-state index contributed by atoms with van der Waals surface area (Å²) in [4.78, 5) is 36.3. The van der Waals surface area contributed by atoms with Crippen LogP contribution in [0.5, 0.6) is 10.9 Å². The van der Waals surface area contributed by atoms with Crippen LogP contribution in [0.2, 0.25) is 0 Å². The average molecular weight is 487 g/mol. The number of benzene rings is 2. The second kappa shape index (κ2) is 12.0. The van der Waals surface area contributed by atoms with Gasteiger partial charge in [0.1, 0.15) is 19.6 Å². The lowest BCUT2D eigenvalue weighted by atomic mass is 10.1. The van der Waals surface area contributed by atoms with Crippen LogP contribution < -0.4 is 20.1 Å². The number of anilines is 1. The molecule has 2 aromatic heterocycles. The maximum atomic E-state index is 13.0. The van der Waals surface area contributed by atoms with Crippen LogP contribution in [0.4, 0.5) is 5.69 Å². The van der Waals surface area contributed by atoms with Gasteiger partial charge in [-0.1, -0.05) is 41.7 Å². The number of carbonyl (C=O) groups is 2. The van der Waals surface area contributed by atoms with Crippen LogP contribution in [0, 0.1) is 0 Å². The van der Waals surface area contributed by atoms with Crippen molar-refractivity contribution in [3.8, 4) is 10.9 Å². The van der Waals surface area contributed by atoms with Gasteiger partial charge in [-0.2, -0.15) is 0 Å². The van der Waals surface area contributed by atoms with Crippen LogP contribution in [0.3, 0.4) is 0 Å². The Morgan fingerprint density at radius 1 is 1.09 bits per heavy atom. The second-order valence-electron chi connectivity index (χ2n) is 7.52. The highest BCUT2D eigenvalue weighted by Gasteiger charge is 2.22. The molecular formula is C24H22BN5O4S. The van der Waals surface area contributed by atoms with Crippen molar-refractivity contribution in [2.45, 2.75) is 19.1 Å². The Morgan fingerprint density at radius 2 is 1.89 bits per heavy atom. The number of hydrogen-bond acceptors (Lipinski definition) is 7. The number of thiazole rings is 1. The normalized spacial score (nSPS) is 11.5. The van der Waals surface area contributed by atoms with Crippen LogP contribution in [0.1, 0.15) is 11.3 Å². The maximum Gasteiger partial charge on any atom is 0.278 e. The highest BCUT2D eigenvalue weighted by molar-refractivity contribution is 7.21. The van der Waals surface area contributed by atoms with Crippen molar-refractivity contribution in [1.29, 1.82) is 0 Å². The fraction of sp³-hybridized carbons (Fsp3) is 0.167. The van der Waals surface area contributed by atoms with Crippen molar-refractivity contribution in [3.63, 3.8) is 0 Å². The van der Waals surface area contributed by atoms with Gasteiger partial charge in [0.15, 0.2) is 0 Å². The van der Waals surface area contributed by atoms with Gasteiger partial charge in [-0.3, -0.25) is 9.59 Å². The first-order valence-corrected chi connectivity index (χ1v) is 11.5. The molecule has 1 atom stereocenters. The summed E-state index contributed by atoms with van der Waals surface area (Å²) in [5, 5.41) is 5.97. The smallest absolute Gasteiger partial charge is 0.278 e. The molecule has 0 aliphatic carbocycles. The predicted octanol–water partition coefficient (Wildman–Crippen LogP) is 2.34. The molecule has 0 spiro atoms. The van der Waals surface area contributed by atoms with E-state index in [0.717, 1.165) is 5.56 Å². The van der Waals surface area contributed by atoms with E-state index < -0.39 is 11.9 Å². The number of imidazole rings is 1. The summed E-state index contributed by atoms with van der Waals surface area (Å²) < 4.78 is 11.9. The molecule has 176 valence electrons. The Kier molecular flexibility index (Phi) is 8.26. The zero-order chi connectivity index (χ0) is 24.5. The number of H-pyrrole nitrogens is 1. The van der Waals surface area contributed by atoms with E-state index in [0.29, 0.717) is 33.7 Å². The van der Waals surface area contributed by atoms with Crippen molar-refractivity contribution in [2.24, 2.45) is 0 Å². The predicted molar refractivity (Wildman–Crippen MR) is 133 cm³/mol. The number of nitrogens with one attached hydrogen (secondary N) is 3. The van der Waals surface area contributed by atoms with Gasteiger partial charge in [0.2, 0.25) is 11.8 Å². The summed E-state index contributed by atoms with van der Waals surface area (Å²) >= 11 is 1.23. The maximum absolute atomic E-state index is 13.0. The van der Waals surface area contributed by atoms with Gasteiger partial charge >= 0.3 is 0 Å². The van der Waals surface area contributed by atoms with E-state index in [1.54, 1.807) is 30.5 Å². The topological polar surface area (TPSA) is 118 Å². The molecule has 0 unspecified atom stereocenters. The van der Waals surface area contributed by atoms with E-state index in [-0.39, 0.29) is 18.9 Å². The van der Waals surface area contributed by atoms with Gasteiger partial charge in [-0.15, -0.1) is 0 Å². The van der Waals surface area contributed by atoms with E-state index >= 15 is 0 Å². The molecule has 0 bridgehead atoms. The van der Waals surface area contributed by atoms with Gasteiger partial charge in [-0.25, -0.2) is 9.97 Å². The Labute approximate surface area is 207 Å². The van der Waals surface area contributed by atoms with E-state index in [4.69, 9.17) is 17.3 Å². The van der Waals surface area contributed by atoms with Crippen LogP contribution in [0.25, 0.3) is 0 Å². The summed E-state index contributed by atoms with van der Waals surface area (Å²) in [5.41, 5.74) is 2.15. The van der Waals surface area contributed by atoms with Crippen LogP contribution >= 0.6 is 11.3 Å². The minimum Gasteiger partial charge on any atom is -0.431 e. The second-order valence-corrected chi connectivity index (χ2v) is 8.54. The molecule has 0 saturated heterocycles. The molecule has 9 nitrogen and oxygen atoms in total. The van der Waals surface area contributed by atoms with Gasteiger partial charge in [-0.05, 0) is 34.6 Å². The Bertz CT molecular complexity index is 1230. The van der Waals surface area contributed by atoms with Crippen LogP contribution in [-0.4, -0.2) is 47.3 Å². The molecule has 2 heterocycles. The first kappa shape index (κ1) is 24.2. The number of nitrogens with zero attached hydrogens (tertiary/aromatic N) is 2. The average Bonchev–Trinajstić information content (AvgIpc) is 3.52. The Hall–Kier alpha value is -3.96. The SMILES string of the molecule is [B]c1cnc(Oc2ccc(NC(=O)[C@H](COCc3ccccc3)NC(=O)Cc3cnc[nH]3)cc2)s1. The summed E-state index contributed by atoms with van der Waals surface area (Å²) in [6.45, 7) is 0.316. The molecule has 0 aliphatic heterocycles. The van der Waals surface area contributed by atoms with E-state index in [1.165, 1.54) is 23.9 Å². The molecule has 11 heteroatoms. The monoisotopic (exact) mass is 487 g/mol. The Morgan fingerprint density at radius 3 is 2.57 bits per heavy atom. The van der Waals surface area contributed by atoms with Crippen LogP contribution in [-0.2, 0) is 27.4 Å². The molecule has 3 N–H and O–H groups in total. The fourth-order valence-corrected chi connectivity index (χ4v) is 3.66. The molecule has 0 saturated carbocycles. The van der Waals surface area contributed by atoms with Crippen molar-refractivity contribution in [2.75, 3.05) is 11.9 Å². The van der Waals surface area contributed by atoms with E-state index in [9.17, 15) is 9.59 Å². The molecule has 4 rings (SSSR count). The number of ether oxygens (including phenoxy) is 2. The molecule has 35 heavy (non-hydrogen) atoms. The zero-order valence-corrected chi connectivity index (χ0v) is 19.5. The highest BCUT2D eigenvalue weighted by Crippen LogP contribution is 2.23. The summed E-state index contributed by atoms with van der Waals surface area (Å²) in [7, 11) is 5.66. The molecule has 0 aliphatic rings. The number of amides is 2. The molecule has 2 radical (unpaired) electrons. The number of hydrogen-bond donors (Lipinski definition) is 3. The van der Waals surface area contributed by atoms with Gasteiger partial charge in [0.25, 0.3) is 5.19 Å². The van der Waals surface area contributed by atoms with Crippen LogP contribution in [0.15, 0.2) is 73.3 Å². The Balaban J connectivity index is 1.36. The molecule has 2 amide bonds. The molecule has 4 aromatic rings. The van der Waals surface area contributed by atoms with Crippen molar-refractivity contribution < 1.29 is 19.1 Å². The summed E-state index contributed by atoms with van der Waals surface area (Å²) in [5.74, 6) is -0.186. The molecule has 2 aromatic carbocycles. The standard InChI is InChI=1S/C24H22BN5O4S/c25-21-12-27-24(35-21)34-19-8-6-17(7-9-19)29-23(32)20(14-33-13-16-4-2-1-3-5-16)30-22(31)10-18-11-26-15-28-18/h1-9,11-12,15,20H,10,13-14H2,(H,26,28)(H,29,32)(H,30,31)/t20-/m0/s1. The molecular weight excluding hydrogens is 465 g/mol. The largest absolute Gasteiger partial charge is 0.431 e. The molecule has 0 fully saturated rings. The summed E-state index contributed by atoms with van der Waals surface area (Å²) in [6.07, 6.45) is 4.64. The van der Waals surface area contributed by atoms with Gasteiger partial charge in [0, 0.05) is 23.8 Å². The quantitative estimate of drug-likeness (QED) is 0.280. The van der Waals surface area contributed by atoms with Crippen molar-refractivity contribution >= 4 is 41.5 Å². The first-order valence-electron chi connectivity index (χ1n) is 10.7.